The van der Waals surface area contributed by atoms with Gasteiger partial charge in [0, 0.05) is 51.5 Å². The molecule has 2 aliphatic heterocycles. The van der Waals surface area contributed by atoms with E-state index in [2.05, 4.69) is 16.0 Å². The summed E-state index contributed by atoms with van der Waals surface area (Å²) in [6.07, 6.45) is 3.75. The minimum absolute atomic E-state index is 0.00109. The molecule has 3 rings (SSSR count). The predicted molar refractivity (Wildman–Crippen MR) is 81.2 cm³/mol. The van der Waals surface area contributed by atoms with Crippen molar-refractivity contribution < 1.29 is 14.3 Å². The van der Waals surface area contributed by atoms with Gasteiger partial charge in [-0.15, -0.1) is 0 Å². The zero-order chi connectivity index (χ0) is 15.5. The molecular weight excluding hydrogens is 282 g/mol. The summed E-state index contributed by atoms with van der Waals surface area (Å²) in [5.41, 5.74) is 1.19. The first-order valence-electron chi connectivity index (χ1n) is 7.67. The Balaban J connectivity index is 1.61. The van der Waals surface area contributed by atoms with Crippen LogP contribution in [-0.4, -0.2) is 73.3 Å². The van der Waals surface area contributed by atoms with Crippen LogP contribution in [0.2, 0.25) is 0 Å². The summed E-state index contributed by atoms with van der Waals surface area (Å²) < 4.78 is 11.5. The van der Waals surface area contributed by atoms with Gasteiger partial charge in [0.15, 0.2) is 0 Å². The molecule has 1 aromatic heterocycles. The summed E-state index contributed by atoms with van der Waals surface area (Å²) in [6.45, 7) is 3.29. The van der Waals surface area contributed by atoms with E-state index >= 15 is 0 Å². The molecule has 0 bridgehead atoms. The van der Waals surface area contributed by atoms with Crippen LogP contribution < -0.4 is 0 Å². The molecule has 1 amide bonds. The topological polar surface area (TPSA) is 54.9 Å². The molecule has 1 aromatic rings. The highest BCUT2D eigenvalue weighted by Crippen LogP contribution is 2.33. The number of fused-ring (bicyclic) bond motifs is 1. The summed E-state index contributed by atoms with van der Waals surface area (Å²) in [5, 5.41) is 0. The second-order valence-corrected chi connectivity index (χ2v) is 6.20. The van der Waals surface area contributed by atoms with Crippen LogP contribution in [0, 0.1) is 5.92 Å². The first-order chi connectivity index (χ1) is 10.6. The van der Waals surface area contributed by atoms with Crippen LogP contribution in [0.1, 0.15) is 5.56 Å². The van der Waals surface area contributed by atoms with Crippen molar-refractivity contribution in [3.05, 3.63) is 30.1 Å². The van der Waals surface area contributed by atoms with E-state index in [1.165, 1.54) is 5.56 Å². The molecule has 6 nitrogen and oxygen atoms in total. The summed E-state index contributed by atoms with van der Waals surface area (Å²) in [6, 6.07) is 4.42. The molecule has 0 radical (unpaired) electrons. The Kier molecular flexibility index (Phi) is 4.71. The number of ether oxygens (including phenoxy) is 2. The fourth-order valence-corrected chi connectivity index (χ4v) is 3.18. The average molecular weight is 305 g/mol. The van der Waals surface area contributed by atoms with Crippen molar-refractivity contribution >= 4 is 5.91 Å². The molecule has 120 valence electrons. The van der Waals surface area contributed by atoms with Gasteiger partial charge in [-0.3, -0.25) is 14.7 Å². The van der Waals surface area contributed by atoms with Crippen LogP contribution >= 0.6 is 0 Å². The van der Waals surface area contributed by atoms with Gasteiger partial charge in [0.25, 0.3) is 0 Å². The summed E-state index contributed by atoms with van der Waals surface area (Å²) in [5.74, 6) is 0.354. The average Bonchev–Trinajstić information content (AvgIpc) is 3.10. The summed E-state index contributed by atoms with van der Waals surface area (Å²) in [7, 11) is 3.49. The molecule has 0 aliphatic carbocycles. The Morgan fingerprint density at radius 3 is 3.09 bits per heavy atom. The predicted octanol–water partition coefficient (Wildman–Crippen LogP) is 0.386. The Morgan fingerprint density at radius 2 is 2.36 bits per heavy atom. The molecule has 3 heterocycles. The highest BCUT2D eigenvalue weighted by Gasteiger charge is 2.46. The highest BCUT2D eigenvalue weighted by molar-refractivity contribution is 5.76. The van der Waals surface area contributed by atoms with Crippen molar-refractivity contribution in [2.45, 2.75) is 18.7 Å². The van der Waals surface area contributed by atoms with Gasteiger partial charge in [-0.2, -0.15) is 0 Å². The van der Waals surface area contributed by atoms with Gasteiger partial charge in [0.2, 0.25) is 5.91 Å². The van der Waals surface area contributed by atoms with Gasteiger partial charge in [0.1, 0.15) is 6.61 Å². The van der Waals surface area contributed by atoms with Crippen LogP contribution in [0.4, 0.5) is 0 Å². The Morgan fingerprint density at radius 1 is 1.50 bits per heavy atom. The second-order valence-electron chi connectivity index (χ2n) is 6.20. The number of pyridine rings is 1. The number of nitrogens with zero attached hydrogens (tertiary/aromatic N) is 3. The molecule has 0 aromatic carbocycles. The monoisotopic (exact) mass is 305 g/mol. The third kappa shape index (κ3) is 3.29. The smallest absolute Gasteiger partial charge is 0.248 e. The van der Waals surface area contributed by atoms with E-state index < -0.39 is 0 Å². The van der Waals surface area contributed by atoms with Gasteiger partial charge >= 0.3 is 0 Å². The number of rotatable bonds is 5. The van der Waals surface area contributed by atoms with E-state index in [1.807, 2.05) is 12.3 Å². The zero-order valence-electron chi connectivity index (χ0n) is 13.1. The first kappa shape index (κ1) is 15.4. The molecule has 0 N–H and O–H groups in total. The third-order valence-corrected chi connectivity index (χ3v) is 4.48. The second kappa shape index (κ2) is 6.73. The maximum Gasteiger partial charge on any atom is 0.248 e. The van der Waals surface area contributed by atoms with Gasteiger partial charge in [0.05, 0.1) is 19.3 Å². The fourth-order valence-electron chi connectivity index (χ4n) is 3.18. The van der Waals surface area contributed by atoms with Crippen molar-refractivity contribution in [2.75, 3.05) is 40.5 Å². The van der Waals surface area contributed by atoms with Crippen molar-refractivity contribution in [3.63, 3.8) is 0 Å². The lowest BCUT2D eigenvalue weighted by Crippen LogP contribution is -2.32. The number of aromatic nitrogens is 1. The van der Waals surface area contributed by atoms with Crippen molar-refractivity contribution in [3.8, 4) is 0 Å². The molecule has 2 fully saturated rings. The SMILES string of the molecule is CN(C)C(=O)CO[C@@H]1CN(Cc2cccnc2)[C@H]2COC[C@@H]12. The Hall–Kier alpha value is -1.50. The molecular formula is C16H23N3O3. The van der Waals surface area contributed by atoms with Gasteiger partial charge in [-0.25, -0.2) is 0 Å². The number of carbonyl (C=O) groups excluding carboxylic acids is 1. The fraction of sp³-hybridized carbons (Fsp3) is 0.625. The van der Waals surface area contributed by atoms with E-state index in [0.717, 1.165) is 26.3 Å². The van der Waals surface area contributed by atoms with E-state index in [-0.39, 0.29) is 18.6 Å². The molecule has 3 atom stereocenters. The molecule has 0 spiro atoms. The Bertz CT molecular complexity index is 509. The van der Waals surface area contributed by atoms with Crippen LogP contribution in [-0.2, 0) is 20.8 Å². The van der Waals surface area contributed by atoms with Crippen molar-refractivity contribution in [1.29, 1.82) is 0 Å². The van der Waals surface area contributed by atoms with E-state index in [4.69, 9.17) is 9.47 Å². The van der Waals surface area contributed by atoms with Gasteiger partial charge in [-0.1, -0.05) is 6.07 Å². The summed E-state index contributed by atoms with van der Waals surface area (Å²) in [4.78, 5) is 19.8. The lowest BCUT2D eigenvalue weighted by Gasteiger charge is -2.21. The maximum absolute atomic E-state index is 11.7. The minimum atomic E-state index is 0.00109. The van der Waals surface area contributed by atoms with Gasteiger partial charge < -0.3 is 14.4 Å². The number of amides is 1. The molecule has 6 heteroatoms. The standard InChI is InChI=1S/C16H23N3O3/c1-18(2)16(20)11-22-15-8-19(14-10-21-9-13(14)15)7-12-4-3-5-17-6-12/h3-6,13-15H,7-11H2,1-2H3/t13-,14+,15-/m1/s1. The molecule has 2 saturated heterocycles. The highest BCUT2D eigenvalue weighted by atomic mass is 16.5. The van der Waals surface area contributed by atoms with E-state index in [9.17, 15) is 4.79 Å². The van der Waals surface area contributed by atoms with Crippen LogP contribution in [0.5, 0.6) is 0 Å². The van der Waals surface area contributed by atoms with Crippen molar-refractivity contribution in [2.24, 2.45) is 5.92 Å². The van der Waals surface area contributed by atoms with E-state index in [1.54, 1.807) is 25.2 Å². The zero-order valence-corrected chi connectivity index (χ0v) is 13.1. The third-order valence-electron chi connectivity index (χ3n) is 4.48. The van der Waals surface area contributed by atoms with Crippen LogP contribution in [0.15, 0.2) is 24.5 Å². The summed E-state index contributed by atoms with van der Waals surface area (Å²) >= 11 is 0. The number of likely N-dealkylation sites (tertiary alicyclic amines) is 1. The van der Waals surface area contributed by atoms with Crippen LogP contribution in [0.25, 0.3) is 0 Å². The Labute approximate surface area is 131 Å². The van der Waals surface area contributed by atoms with Crippen molar-refractivity contribution in [1.82, 2.24) is 14.8 Å². The largest absolute Gasteiger partial charge is 0.379 e. The number of likely N-dealkylation sites (N-methyl/N-ethyl adjacent to an activating group) is 1. The lowest BCUT2D eigenvalue weighted by molar-refractivity contribution is -0.136. The lowest BCUT2D eigenvalue weighted by atomic mass is 10.0. The number of carbonyl (C=O) groups is 1. The number of hydrogen-bond acceptors (Lipinski definition) is 5. The first-order valence-corrected chi connectivity index (χ1v) is 7.67. The van der Waals surface area contributed by atoms with E-state index in [0.29, 0.717) is 12.0 Å². The van der Waals surface area contributed by atoms with Crippen LogP contribution in [0.3, 0.4) is 0 Å². The normalized spacial score (nSPS) is 27.8. The molecule has 2 aliphatic rings. The maximum atomic E-state index is 11.7. The molecule has 22 heavy (non-hydrogen) atoms. The molecule has 0 unspecified atom stereocenters. The van der Waals surface area contributed by atoms with Gasteiger partial charge in [-0.05, 0) is 11.6 Å². The number of hydrogen-bond donors (Lipinski definition) is 0. The quantitative estimate of drug-likeness (QED) is 0.787. The minimum Gasteiger partial charge on any atom is -0.379 e. The molecule has 0 saturated carbocycles.